The van der Waals surface area contributed by atoms with Gasteiger partial charge in [0.1, 0.15) is 5.41 Å². The van der Waals surface area contributed by atoms with Crippen LogP contribution >= 0.6 is 11.6 Å². The topological polar surface area (TPSA) is 17.1 Å². The van der Waals surface area contributed by atoms with E-state index in [0.717, 1.165) is 11.1 Å². The van der Waals surface area contributed by atoms with E-state index >= 15 is 0 Å². The van der Waals surface area contributed by atoms with E-state index in [1.165, 1.54) is 0 Å². The first-order valence-corrected chi connectivity index (χ1v) is 4.51. The van der Waals surface area contributed by atoms with Crippen LogP contribution in [0.4, 0.5) is 0 Å². The lowest BCUT2D eigenvalue weighted by molar-refractivity contribution is -0.113. The Hall–Kier alpha value is -1.08. The van der Waals surface area contributed by atoms with Crippen LogP contribution < -0.4 is 0 Å². The molecule has 0 heterocycles. The van der Waals surface area contributed by atoms with Crippen LogP contribution in [-0.2, 0) is 10.2 Å². The lowest BCUT2D eigenvalue weighted by Crippen LogP contribution is -2.18. The summed E-state index contributed by atoms with van der Waals surface area (Å²) >= 11 is 5.57. The van der Waals surface area contributed by atoms with Gasteiger partial charge in [-0.25, -0.2) is 0 Å². The van der Waals surface area contributed by atoms with Gasteiger partial charge in [0.25, 0.3) is 0 Å². The first-order chi connectivity index (χ1) is 6.18. The fourth-order valence-corrected chi connectivity index (χ4v) is 1.94. The van der Waals surface area contributed by atoms with Crippen molar-refractivity contribution in [3.63, 3.8) is 0 Å². The molecular formula is C11H9ClO. The molecule has 13 heavy (non-hydrogen) atoms. The summed E-state index contributed by atoms with van der Waals surface area (Å²) in [6.45, 7) is 1.92. The van der Waals surface area contributed by atoms with Crippen LogP contribution in [0.25, 0.3) is 0 Å². The van der Waals surface area contributed by atoms with Gasteiger partial charge in [-0.3, -0.25) is 4.79 Å². The average Bonchev–Trinajstić information content (AvgIpc) is 2.80. The van der Waals surface area contributed by atoms with Crippen molar-refractivity contribution in [2.24, 2.45) is 0 Å². The zero-order valence-electron chi connectivity index (χ0n) is 7.25. The zero-order valence-corrected chi connectivity index (χ0v) is 8.01. The van der Waals surface area contributed by atoms with Gasteiger partial charge in [0.2, 0.25) is 5.24 Å². The maximum atomic E-state index is 11.3. The minimum Gasteiger partial charge on any atom is -0.280 e. The van der Waals surface area contributed by atoms with Gasteiger partial charge in [0.15, 0.2) is 0 Å². The summed E-state index contributed by atoms with van der Waals surface area (Å²) in [6, 6.07) is 9.60. The van der Waals surface area contributed by atoms with E-state index in [0.29, 0.717) is 0 Å². The Bertz CT molecular complexity index is 380. The molecule has 2 heteroatoms. The quantitative estimate of drug-likeness (QED) is 0.520. The van der Waals surface area contributed by atoms with Gasteiger partial charge >= 0.3 is 0 Å². The Morgan fingerprint density at radius 3 is 2.23 bits per heavy atom. The normalized spacial score (nSPS) is 25.2. The average molecular weight is 193 g/mol. The van der Waals surface area contributed by atoms with Gasteiger partial charge in [-0.1, -0.05) is 42.0 Å². The van der Waals surface area contributed by atoms with Gasteiger partial charge in [-0.15, -0.1) is 0 Å². The van der Waals surface area contributed by atoms with E-state index in [2.05, 4.69) is 0 Å². The fraction of sp³-hybridized carbons (Fsp3) is 0.182. The molecule has 0 fully saturated rings. The molecule has 66 valence electrons. The van der Waals surface area contributed by atoms with Gasteiger partial charge in [-0.05, 0) is 24.1 Å². The number of hydrogen-bond acceptors (Lipinski definition) is 1. The highest BCUT2D eigenvalue weighted by Gasteiger charge is 2.48. The second kappa shape index (κ2) is 2.71. The standard InChI is InChI=1S/C11H9ClO/c1-8-7-11(8,10(12)13)9-5-3-2-4-6-9/h2-7H,1H3/t11-/m0/s1. The number of carbonyl (C=O) groups excluding carboxylic acids is 1. The van der Waals surface area contributed by atoms with Crippen molar-refractivity contribution in [3.05, 3.63) is 47.5 Å². The minimum atomic E-state index is -0.581. The van der Waals surface area contributed by atoms with Crippen molar-refractivity contribution >= 4 is 16.8 Å². The molecule has 0 saturated heterocycles. The first kappa shape index (κ1) is 8.52. The van der Waals surface area contributed by atoms with Crippen LogP contribution in [0.5, 0.6) is 0 Å². The molecule has 0 bridgehead atoms. The van der Waals surface area contributed by atoms with Gasteiger partial charge in [-0.2, -0.15) is 0 Å². The lowest BCUT2D eigenvalue weighted by Gasteiger charge is -2.12. The molecule has 2 rings (SSSR count). The molecule has 0 amide bonds. The van der Waals surface area contributed by atoms with Gasteiger partial charge in [0.05, 0.1) is 0 Å². The van der Waals surface area contributed by atoms with Crippen LogP contribution in [0.15, 0.2) is 42.0 Å². The predicted octanol–water partition coefficient (Wildman–Crippen LogP) is 2.65. The third-order valence-electron chi connectivity index (χ3n) is 2.51. The van der Waals surface area contributed by atoms with Crippen LogP contribution in [0.2, 0.25) is 0 Å². The molecule has 0 saturated carbocycles. The molecular weight excluding hydrogens is 184 g/mol. The highest BCUT2D eigenvalue weighted by molar-refractivity contribution is 6.67. The number of allylic oxidation sites excluding steroid dienone is 2. The van der Waals surface area contributed by atoms with Crippen LogP contribution in [-0.4, -0.2) is 5.24 Å². The van der Waals surface area contributed by atoms with E-state index in [1.807, 2.05) is 43.3 Å². The monoisotopic (exact) mass is 192 g/mol. The van der Waals surface area contributed by atoms with Crippen molar-refractivity contribution in [1.29, 1.82) is 0 Å². The Balaban J connectivity index is 2.42. The summed E-state index contributed by atoms with van der Waals surface area (Å²) in [4.78, 5) is 11.3. The lowest BCUT2D eigenvalue weighted by atomic mass is 9.92. The van der Waals surface area contributed by atoms with E-state index in [4.69, 9.17) is 11.6 Å². The van der Waals surface area contributed by atoms with Gasteiger partial charge in [0, 0.05) is 0 Å². The summed E-state index contributed by atoms with van der Waals surface area (Å²) < 4.78 is 0. The molecule has 1 aliphatic carbocycles. The summed E-state index contributed by atoms with van der Waals surface area (Å²) in [5, 5.41) is -0.309. The van der Waals surface area contributed by atoms with E-state index in [9.17, 15) is 4.79 Å². The third-order valence-corrected chi connectivity index (χ3v) is 2.81. The van der Waals surface area contributed by atoms with Crippen molar-refractivity contribution < 1.29 is 4.79 Å². The van der Waals surface area contributed by atoms with Gasteiger partial charge < -0.3 is 0 Å². The van der Waals surface area contributed by atoms with Crippen LogP contribution in [0.1, 0.15) is 12.5 Å². The maximum absolute atomic E-state index is 11.3. The summed E-state index contributed by atoms with van der Waals surface area (Å²) in [5.74, 6) is 0. The van der Waals surface area contributed by atoms with Crippen LogP contribution in [0, 0.1) is 0 Å². The SMILES string of the molecule is CC1=C[C@@]1(C(=O)Cl)c1ccccc1. The highest BCUT2D eigenvalue weighted by atomic mass is 35.5. The molecule has 0 aromatic heterocycles. The fourth-order valence-electron chi connectivity index (χ4n) is 1.63. The summed E-state index contributed by atoms with van der Waals surface area (Å²) in [6.07, 6.45) is 1.90. The number of rotatable bonds is 2. The number of carbonyl (C=O) groups is 1. The third kappa shape index (κ3) is 1.11. The van der Waals surface area contributed by atoms with Crippen molar-refractivity contribution in [2.45, 2.75) is 12.3 Å². The van der Waals surface area contributed by atoms with Crippen molar-refractivity contribution in [2.75, 3.05) is 0 Å². The summed E-state index contributed by atoms with van der Waals surface area (Å²) in [7, 11) is 0. The number of hydrogen-bond donors (Lipinski definition) is 0. The second-order valence-electron chi connectivity index (χ2n) is 3.28. The molecule has 1 aromatic rings. The van der Waals surface area contributed by atoms with E-state index in [-0.39, 0.29) is 5.24 Å². The minimum absolute atomic E-state index is 0.309. The molecule has 1 atom stereocenters. The largest absolute Gasteiger partial charge is 0.280 e. The smallest absolute Gasteiger partial charge is 0.240 e. The number of benzene rings is 1. The number of halogens is 1. The molecule has 0 spiro atoms. The molecule has 0 radical (unpaired) electrons. The van der Waals surface area contributed by atoms with Crippen molar-refractivity contribution in [1.82, 2.24) is 0 Å². The first-order valence-electron chi connectivity index (χ1n) is 4.13. The maximum Gasteiger partial charge on any atom is 0.240 e. The highest BCUT2D eigenvalue weighted by Crippen LogP contribution is 2.47. The zero-order chi connectivity index (χ0) is 9.47. The van der Waals surface area contributed by atoms with Crippen molar-refractivity contribution in [3.8, 4) is 0 Å². The molecule has 1 nitrogen and oxygen atoms in total. The van der Waals surface area contributed by atoms with E-state index < -0.39 is 5.41 Å². The molecule has 0 N–H and O–H groups in total. The Morgan fingerprint density at radius 1 is 1.31 bits per heavy atom. The Labute approximate surface area is 82.0 Å². The Kier molecular flexibility index (Phi) is 1.77. The Morgan fingerprint density at radius 2 is 1.85 bits per heavy atom. The second-order valence-corrected chi connectivity index (χ2v) is 3.62. The van der Waals surface area contributed by atoms with Crippen LogP contribution in [0.3, 0.4) is 0 Å². The molecule has 0 unspecified atom stereocenters. The molecule has 0 aliphatic heterocycles. The summed E-state index contributed by atoms with van der Waals surface area (Å²) in [5.41, 5.74) is 1.43. The molecule has 1 aliphatic rings. The molecule has 1 aromatic carbocycles. The predicted molar refractivity (Wildman–Crippen MR) is 52.7 cm³/mol. The van der Waals surface area contributed by atoms with E-state index in [1.54, 1.807) is 0 Å².